The van der Waals surface area contributed by atoms with Gasteiger partial charge in [-0.05, 0) is 41.8 Å². The number of anilines is 1. The first kappa shape index (κ1) is 14.0. The molecule has 3 rings (SSSR count). The number of aryl methyl sites for hydroxylation is 1. The van der Waals surface area contributed by atoms with Gasteiger partial charge in [0.1, 0.15) is 0 Å². The summed E-state index contributed by atoms with van der Waals surface area (Å²) >= 11 is 0. The molecule has 1 aromatic carbocycles. The minimum absolute atomic E-state index is 0.0897. The van der Waals surface area contributed by atoms with Gasteiger partial charge in [-0.1, -0.05) is 12.1 Å². The molecule has 1 atom stereocenters. The number of nitrogens with zero attached hydrogens (tertiary/aromatic N) is 4. The van der Waals surface area contributed by atoms with Crippen molar-refractivity contribution < 1.29 is 8.42 Å². The first-order valence-corrected chi connectivity index (χ1v) is 8.63. The number of hydrogen-bond donors (Lipinski definition) is 1. The van der Waals surface area contributed by atoms with Crippen molar-refractivity contribution in [3.8, 4) is 11.4 Å². The molecule has 2 N–H and O–H groups in total. The third kappa shape index (κ3) is 2.76. The summed E-state index contributed by atoms with van der Waals surface area (Å²) in [5.41, 5.74) is 8.37. The average Bonchev–Trinajstić information content (AvgIpc) is 2.90. The summed E-state index contributed by atoms with van der Waals surface area (Å²) in [6.45, 7) is 1.93. The van der Waals surface area contributed by atoms with Gasteiger partial charge in [0.2, 0.25) is 0 Å². The second kappa shape index (κ2) is 5.10. The Bertz CT molecular complexity index is 769. The van der Waals surface area contributed by atoms with Crippen molar-refractivity contribution in [1.82, 2.24) is 20.2 Å². The number of hydrogen-bond acceptors (Lipinski definition) is 6. The zero-order valence-electron chi connectivity index (χ0n) is 11.7. The molecule has 0 spiro atoms. The number of tetrazole rings is 1. The van der Waals surface area contributed by atoms with Crippen molar-refractivity contribution in [1.29, 1.82) is 0 Å². The smallest absolute Gasteiger partial charge is 0.182 e. The minimum Gasteiger partial charge on any atom is -0.398 e. The number of nitrogen functional groups attached to an aromatic ring is 1. The minimum atomic E-state index is -3.01. The molecule has 0 radical (unpaired) electrons. The molecule has 8 heteroatoms. The quantitative estimate of drug-likeness (QED) is 0.829. The van der Waals surface area contributed by atoms with Gasteiger partial charge in [-0.25, -0.2) is 13.1 Å². The van der Waals surface area contributed by atoms with Crippen LogP contribution in [0.5, 0.6) is 0 Å². The fourth-order valence-electron chi connectivity index (χ4n) is 2.60. The van der Waals surface area contributed by atoms with E-state index in [9.17, 15) is 8.42 Å². The van der Waals surface area contributed by atoms with Crippen LogP contribution in [0.1, 0.15) is 24.4 Å². The van der Waals surface area contributed by atoms with Gasteiger partial charge in [0, 0.05) is 11.3 Å². The normalized spacial score (nSPS) is 21.3. The van der Waals surface area contributed by atoms with Crippen molar-refractivity contribution in [3.05, 3.63) is 23.8 Å². The van der Waals surface area contributed by atoms with Crippen LogP contribution in [0.15, 0.2) is 18.2 Å². The van der Waals surface area contributed by atoms with Gasteiger partial charge in [0.15, 0.2) is 15.7 Å². The van der Waals surface area contributed by atoms with E-state index >= 15 is 0 Å². The molecule has 1 aliphatic heterocycles. The highest BCUT2D eigenvalue weighted by atomic mass is 32.2. The summed E-state index contributed by atoms with van der Waals surface area (Å²) in [6.07, 6.45) is 1.40. The van der Waals surface area contributed by atoms with Crippen LogP contribution in [0.4, 0.5) is 5.69 Å². The van der Waals surface area contributed by atoms with E-state index < -0.39 is 9.84 Å². The van der Waals surface area contributed by atoms with E-state index in [2.05, 4.69) is 15.5 Å². The highest BCUT2D eigenvalue weighted by molar-refractivity contribution is 7.91. The van der Waals surface area contributed by atoms with Gasteiger partial charge in [0.05, 0.1) is 17.5 Å². The molecule has 2 aromatic rings. The Morgan fingerprint density at radius 1 is 1.38 bits per heavy atom. The van der Waals surface area contributed by atoms with Crippen LogP contribution in [0, 0.1) is 6.92 Å². The predicted octanol–water partition coefficient (Wildman–Crippen LogP) is 0.980. The van der Waals surface area contributed by atoms with E-state index in [4.69, 9.17) is 5.73 Å². The van der Waals surface area contributed by atoms with E-state index in [0.717, 1.165) is 17.5 Å². The Kier molecular flexibility index (Phi) is 3.40. The highest BCUT2D eigenvalue weighted by Crippen LogP contribution is 2.28. The van der Waals surface area contributed by atoms with Crippen molar-refractivity contribution in [2.75, 3.05) is 17.2 Å². The molecule has 0 saturated carbocycles. The van der Waals surface area contributed by atoms with E-state index in [-0.39, 0.29) is 17.5 Å². The summed E-state index contributed by atoms with van der Waals surface area (Å²) in [6, 6.07) is 5.40. The molecule has 21 heavy (non-hydrogen) atoms. The van der Waals surface area contributed by atoms with E-state index in [1.165, 1.54) is 0 Å². The van der Waals surface area contributed by atoms with Gasteiger partial charge >= 0.3 is 0 Å². The molecule has 2 heterocycles. The SMILES string of the molecule is Cc1ccc(-c2nnnn2C2CCCS(=O)(=O)C2)cc1N. The summed E-state index contributed by atoms with van der Waals surface area (Å²) < 4.78 is 25.2. The number of nitrogens with two attached hydrogens (primary N) is 1. The lowest BCUT2D eigenvalue weighted by molar-refractivity contribution is 0.429. The second-order valence-electron chi connectivity index (χ2n) is 5.43. The Hall–Kier alpha value is -1.96. The van der Waals surface area contributed by atoms with Crippen LogP contribution in [0.2, 0.25) is 0 Å². The number of sulfone groups is 1. The monoisotopic (exact) mass is 307 g/mol. The molecule has 112 valence electrons. The molecule has 0 aliphatic carbocycles. The Labute approximate surface area is 123 Å². The van der Waals surface area contributed by atoms with Crippen LogP contribution in [-0.4, -0.2) is 40.1 Å². The van der Waals surface area contributed by atoms with Crippen molar-refractivity contribution >= 4 is 15.5 Å². The molecule has 1 fully saturated rings. The fraction of sp³-hybridized carbons (Fsp3) is 0.462. The topological polar surface area (TPSA) is 104 Å². The van der Waals surface area contributed by atoms with Crippen LogP contribution < -0.4 is 5.73 Å². The van der Waals surface area contributed by atoms with Crippen LogP contribution in [0.3, 0.4) is 0 Å². The maximum absolute atomic E-state index is 11.8. The molecule has 0 bridgehead atoms. The number of aromatic nitrogens is 4. The third-order valence-corrected chi connectivity index (χ3v) is 5.62. The first-order valence-electron chi connectivity index (χ1n) is 6.81. The standard InChI is InChI=1S/C13H17N5O2S/c1-9-4-5-10(7-12(9)14)13-15-16-17-18(13)11-3-2-6-21(19,20)8-11/h4-5,7,11H,2-3,6,8,14H2,1H3. The molecule has 1 aromatic heterocycles. The van der Waals surface area contributed by atoms with Crippen LogP contribution in [-0.2, 0) is 9.84 Å². The molecule has 0 amide bonds. The van der Waals surface area contributed by atoms with Crippen molar-refractivity contribution in [3.63, 3.8) is 0 Å². The largest absolute Gasteiger partial charge is 0.398 e. The molecule has 1 unspecified atom stereocenters. The number of benzene rings is 1. The Morgan fingerprint density at radius 3 is 2.90 bits per heavy atom. The maximum Gasteiger partial charge on any atom is 0.182 e. The molecule has 1 aliphatic rings. The molecular weight excluding hydrogens is 290 g/mol. The Balaban J connectivity index is 1.99. The fourth-order valence-corrected chi connectivity index (χ4v) is 4.27. The summed E-state index contributed by atoms with van der Waals surface area (Å²) in [5.74, 6) is 0.897. The highest BCUT2D eigenvalue weighted by Gasteiger charge is 2.29. The second-order valence-corrected chi connectivity index (χ2v) is 7.66. The zero-order chi connectivity index (χ0) is 15.0. The average molecular weight is 307 g/mol. The van der Waals surface area contributed by atoms with E-state index in [1.807, 2.05) is 25.1 Å². The van der Waals surface area contributed by atoms with Crippen LogP contribution in [0.25, 0.3) is 11.4 Å². The van der Waals surface area contributed by atoms with Gasteiger partial charge in [0.25, 0.3) is 0 Å². The summed E-state index contributed by atoms with van der Waals surface area (Å²) in [7, 11) is -3.01. The molecule has 1 saturated heterocycles. The third-order valence-electron chi connectivity index (χ3n) is 3.82. The van der Waals surface area contributed by atoms with E-state index in [0.29, 0.717) is 17.9 Å². The van der Waals surface area contributed by atoms with Crippen molar-refractivity contribution in [2.24, 2.45) is 0 Å². The molecule has 7 nitrogen and oxygen atoms in total. The van der Waals surface area contributed by atoms with E-state index in [1.54, 1.807) is 4.68 Å². The summed E-state index contributed by atoms with van der Waals surface area (Å²) in [4.78, 5) is 0. The van der Waals surface area contributed by atoms with Gasteiger partial charge in [-0.3, -0.25) is 0 Å². The Morgan fingerprint density at radius 2 is 2.19 bits per heavy atom. The lowest BCUT2D eigenvalue weighted by Gasteiger charge is -2.22. The molecular formula is C13H17N5O2S. The first-order chi connectivity index (χ1) is 9.96. The summed E-state index contributed by atoms with van der Waals surface area (Å²) in [5, 5.41) is 11.7. The lowest BCUT2D eigenvalue weighted by Crippen LogP contribution is -2.28. The van der Waals surface area contributed by atoms with Gasteiger partial charge in [-0.15, -0.1) is 5.10 Å². The predicted molar refractivity (Wildman–Crippen MR) is 79.3 cm³/mol. The van der Waals surface area contributed by atoms with Gasteiger partial charge in [-0.2, -0.15) is 0 Å². The maximum atomic E-state index is 11.8. The number of rotatable bonds is 2. The zero-order valence-corrected chi connectivity index (χ0v) is 12.5. The van der Waals surface area contributed by atoms with Crippen molar-refractivity contribution in [2.45, 2.75) is 25.8 Å². The van der Waals surface area contributed by atoms with Gasteiger partial charge < -0.3 is 5.73 Å². The lowest BCUT2D eigenvalue weighted by atomic mass is 10.1. The van der Waals surface area contributed by atoms with Crippen LogP contribution >= 0.6 is 0 Å².